The fraction of sp³-hybridized carbons (Fsp3) is 0.481. The molecule has 1 saturated heterocycles. The standard InChI is InChI=1S/C27H31F3N2O4S/c1-16-22(12-11-21-10-9-19(15-31-21)18-7-6-8-20(28)13-18)24-17(2)32(25(33)36-26(3,4)5)37(34,35)23(24)14-27(16,29)30/h6-13,15-17,22-24H,14H2,1-5H3/b12-11+. The first-order chi connectivity index (χ1) is 17.1. The zero-order chi connectivity index (χ0) is 27.3. The summed E-state index contributed by atoms with van der Waals surface area (Å²) in [6.07, 6.45) is 2.82. The highest BCUT2D eigenvalue weighted by molar-refractivity contribution is 7.90. The van der Waals surface area contributed by atoms with Crippen LogP contribution in [0.15, 0.2) is 48.7 Å². The van der Waals surface area contributed by atoms with Crippen LogP contribution < -0.4 is 0 Å². The number of carbonyl (C=O) groups is 1. The van der Waals surface area contributed by atoms with E-state index in [1.54, 1.807) is 70.3 Å². The van der Waals surface area contributed by atoms with Crippen molar-refractivity contribution in [2.24, 2.45) is 17.8 Å². The van der Waals surface area contributed by atoms with Crippen LogP contribution in [0.3, 0.4) is 0 Å². The zero-order valence-electron chi connectivity index (χ0n) is 21.4. The quantitative estimate of drug-likeness (QED) is 0.471. The maximum Gasteiger partial charge on any atom is 0.424 e. The minimum absolute atomic E-state index is 0.371. The number of aromatic nitrogens is 1. The number of benzene rings is 1. The van der Waals surface area contributed by atoms with E-state index >= 15 is 8.78 Å². The first-order valence-corrected chi connectivity index (χ1v) is 13.7. The second-order valence-corrected chi connectivity index (χ2v) is 12.9. The maximum atomic E-state index is 15.1. The second kappa shape index (κ2) is 9.45. The molecule has 6 nitrogen and oxygen atoms in total. The topological polar surface area (TPSA) is 76.6 Å². The summed E-state index contributed by atoms with van der Waals surface area (Å²) in [5, 5.41) is -1.42. The highest BCUT2D eigenvalue weighted by atomic mass is 32.2. The van der Waals surface area contributed by atoms with Crippen LogP contribution in [0.4, 0.5) is 18.0 Å². The molecule has 200 valence electrons. The monoisotopic (exact) mass is 536 g/mol. The Balaban J connectivity index is 1.64. The Kier molecular flexibility index (Phi) is 6.94. The van der Waals surface area contributed by atoms with Crippen molar-refractivity contribution in [1.29, 1.82) is 0 Å². The second-order valence-electron chi connectivity index (χ2n) is 10.8. The predicted octanol–water partition coefficient (Wildman–Crippen LogP) is 6.15. The minimum Gasteiger partial charge on any atom is -0.443 e. The van der Waals surface area contributed by atoms with E-state index in [0.29, 0.717) is 21.1 Å². The van der Waals surface area contributed by atoms with Crippen molar-refractivity contribution >= 4 is 22.2 Å². The molecule has 0 bridgehead atoms. The van der Waals surface area contributed by atoms with E-state index < -0.39 is 63.1 Å². The third kappa shape index (κ3) is 5.26. The summed E-state index contributed by atoms with van der Waals surface area (Å²) in [6.45, 7) is 7.80. The van der Waals surface area contributed by atoms with Crippen molar-refractivity contribution in [2.45, 2.75) is 63.9 Å². The van der Waals surface area contributed by atoms with E-state index in [4.69, 9.17) is 4.74 Å². The fourth-order valence-corrected chi connectivity index (χ4v) is 7.73. The van der Waals surface area contributed by atoms with Gasteiger partial charge in [-0.3, -0.25) is 4.98 Å². The van der Waals surface area contributed by atoms with Crippen molar-refractivity contribution in [3.63, 3.8) is 0 Å². The molecule has 1 amide bonds. The zero-order valence-corrected chi connectivity index (χ0v) is 22.2. The number of alkyl halides is 2. The van der Waals surface area contributed by atoms with Gasteiger partial charge in [-0.15, -0.1) is 0 Å². The van der Waals surface area contributed by atoms with Crippen molar-refractivity contribution in [3.05, 3.63) is 60.2 Å². The average Bonchev–Trinajstić information content (AvgIpc) is 2.97. The third-order valence-corrected chi connectivity index (χ3v) is 9.46. The number of ether oxygens (including phenoxy) is 1. The molecule has 2 aromatic rings. The van der Waals surface area contributed by atoms with E-state index in [1.165, 1.54) is 19.1 Å². The van der Waals surface area contributed by atoms with Gasteiger partial charge in [-0.25, -0.2) is 30.7 Å². The van der Waals surface area contributed by atoms with E-state index in [1.807, 2.05) is 0 Å². The highest BCUT2D eigenvalue weighted by Crippen LogP contribution is 2.53. The first-order valence-electron chi connectivity index (χ1n) is 12.2. The molecule has 5 unspecified atom stereocenters. The number of carbonyl (C=O) groups excluding carboxylic acids is 1. The molecule has 0 N–H and O–H groups in total. The van der Waals surface area contributed by atoms with Crippen LogP contribution in [0.25, 0.3) is 17.2 Å². The van der Waals surface area contributed by atoms with Crippen molar-refractivity contribution < 1.29 is 31.1 Å². The van der Waals surface area contributed by atoms with Crippen molar-refractivity contribution in [2.75, 3.05) is 0 Å². The Morgan fingerprint density at radius 1 is 1.16 bits per heavy atom. The Morgan fingerprint density at radius 3 is 2.46 bits per heavy atom. The molecular formula is C27H31F3N2O4S. The normalized spacial score (nSPS) is 28.8. The van der Waals surface area contributed by atoms with Crippen LogP contribution in [0.1, 0.15) is 46.7 Å². The summed E-state index contributed by atoms with van der Waals surface area (Å²) in [6, 6.07) is 8.64. The van der Waals surface area contributed by atoms with Gasteiger partial charge in [0.2, 0.25) is 10.0 Å². The fourth-order valence-electron chi connectivity index (χ4n) is 5.35. The number of rotatable bonds is 3. The molecule has 1 aromatic heterocycles. The van der Waals surface area contributed by atoms with Gasteiger partial charge in [0, 0.05) is 30.0 Å². The van der Waals surface area contributed by atoms with Crippen LogP contribution in [-0.2, 0) is 14.8 Å². The third-order valence-electron chi connectivity index (χ3n) is 7.18. The number of sulfonamides is 1. The van der Waals surface area contributed by atoms with E-state index in [2.05, 4.69) is 4.98 Å². The Hall–Kier alpha value is -2.88. The Labute approximate surface area is 215 Å². The van der Waals surface area contributed by atoms with Crippen LogP contribution in [0.2, 0.25) is 0 Å². The lowest BCUT2D eigenvalue weighted by molar-refractivity contribution is -0.108. The van der Waals surface area contributed by atoms with Gasteiger partial charge >= 0.3 is 6.09 Å². The SMILES string of the molecule is CC1C2C(/C=C/c3ccc(-c4cccc(F)c4)cn3)C(C)C(F)(F)CC2S(=O)(=O)N1C(=O)OC(C)(C)C. The molecular weight excluding hydrogens is 505 g/mol. The Bertz CT molecular complexity index is 1310. The van der Waals surface area contributed by atoms with E-state index in [9.17, 15) is 17.6 Å². The molecule has 1 aromatic carbocycles. The van der Waals surface area contributed by atoms with E-state index in [-0.39, 0.29) is 5.82 Å². The Morgan fingerprint density at radius 2 is 1.86 bits per heavy atom. The average molecular weight is 537 g/mol. The smallest absolute Gasteiger partial charge is 0.424 e. The predicted molar refractivity (Wildman–Crippen MR) is 135 cm³/mol. The molecule has 1 aliphatic carbocycles. The van der Waals surface area contributed by atoms with Gasteiger partial charge in [-0.05, 0) is 63.5 Å². The molecule has 0 radical (unpaired) electrons. The lowest BCUT2D eigenvalue weighted by Crippen LogP contribution is -2.49. The van der Waals surface area contributed by atoms with Crippen LogP contribution in [-0.4, -0.2) is 46.6 Å². The summed E-state index contributed by atoms with van der Waals surface area (Å²) < 4.78 is 76.2. The number of pyridine rings is 1. The van der Waals surface area contributed by atoms with Gasteiger partial charge in [0.15, 0.2) is 0 Å². The molecule has 37 heavy (non-hydrogen) atoms. The lowest BCUT2D eigenvalue weighted by atomic mass is 9.68. The van der Waals surface area contributed by atoms with Gasteiger partial charge in [-0.2, -0.15) is 0 Å². The van der Waals surface area contributed by atoms with Gasteiger partial charge in [0.05, 0.1) is 17.0 Å². The van der Waals surface area contributed by atoms with Crippen LogP contribution in [0.5, 0.6) is 0 Å². The maximum absolute atomic E-state index is 15.1. The summed E-state index contributed by atoms with van der Waals surface area (Å²) in [5.41, 5.74) is 0.881. The summed E-state index contributed by atoms with van der Waals surface area (Å²) in [5.74, 6) is -6.36. The molecule has 5 atom stereocenters. The molecule has 4 rings (SSSR count). The number of hydrogen-bond donors (Lipinski definition) is 0. The number of fused-ring (bicyclic) bond motifs is 1. The largest absolute Gasteiger partial charge is 0.443 e. The van der Waals surface area contributed by atoms with Gasteiger partial charge < -0.3 is 4.74 Å². The lowest BCUT2D eigenvalue weighted by Gasteiger charge is -2.41. The summed E-state index contributed by atoms with van der Waals surface area (Å²) in [7, 11) is -4.36. The molecule has 2 fully saturated rings. The number of halogens is 3. The number of nitrogens with zero attached hydrogens (tertiary/aromatic N) is 2. The summed E-state index contributed by atoms with van der Waals surface area (Å²) in [4.78, 5) is 17.2. The van der Waals surface area contributed by atoms with Gasteiger partial charge in [-0.1, -0.05) is 31.2 Å². The first kappa shape index (κ1) is 27.2. The summed E-state index contributed by atoms with van der Waals surface area (Å²) >= 11 is 0. The van der Waals surface area contributed by atoms with Gasteiger partial charge in [0.25, 0.3) is 5.92 Å². The van der Waals surface area contributed by atoms with Gasteiger partial charge in [0.1, 0.15) is 11.4 Å². The molecule has 0 spiro atoms. The van der Waals surface area contributed by atoms with E-state index in [0.717, 1.165) is 0 Å². The number of allylic oxidation sites excluding steroid dienone is 1. The highest BCUT2D eigenvalue weighted by Gasteiger charge is 2.64. The molecule has 1 saturated carbocycles. The molecule has 2 heterocycles. The van der Waals surface area contributed by atoms with Crippen LogP contribution >= 0.6 is 0 Å². The molecule has 2 aliphatic rings. The minimum atomic E-state index is -4.36. The molecule has 1 aliphatic heterocycles. The van der Waals surface area contributed by atoms with Crippen molar-refractivity contribution in [3.8, 4) is 11.1 Å². The number of amides is 1. The van der Waals surface area contributed by atoms with Crippen LogP contribution in [0, 0.1) is 23.6 Å². The van der Waals surface area contributed by atoms with Crippen molar-refractivity contribution in [1.82, 2.24) is 9.29 Å². The molecule has 10 heteroatoms. The number of hydrogen-bond acceptors (Lipinski definition) is 5.